The molecule has 0 saturated carbocycles. The monoisotopic (exact) mass is 413 g/mol. The fourth-order valence-corrected chi connectivity index (χ4v) is 4.15. The fraction of sp³-hybridized carbons (Fsp3) is 0.318. The summed E-state index contributed by atoms with van der Waals surface area (Å²) < 4.78 is 17.8. The molecular weight excluding hydrogens is 390 g/mol. The van der Waals surface area contributed by atoms with Crippen LogP contribution < -0.4 is 9.61 Å². The van der Waals surface area contributed by atoms with Crippen molar-refractivity contribution in [1.82, 2.24) is 4.98 Å². The summed E-state index contributed by atoms with van der Waals surface area (Å²) in [5, 5.41) is 9.73. The maximum absolute atomic E-state index is 11.3. The van der Waals surface area contributed by atoms with E-state index in [-0.39, 0.29) is 10.8 Å². The molecule has 1 aliphatic rings. The van der Waals surface area contributed by atoms with Gasteiger partial charge in [-0.1, -0.05) is 53.8 Å². The van der Waals surface area contributed by atoms with Gasteiger partial charge in [-0.05, 0) is 23.3 Å². The van der Waals surface area contributed by atoms with Gasteiger partial charge in [0.05, 0.1) is 24.7 Å². The van der Waals surface area contributed by atoms with Gasteiger partial charge in [0.25, 0.3) is 0 Å². The van der Waals surface area contributed by atoms with Gasteiger partial charge in [-0.2, -0.15) is 0 Å². The van der Waals surface area contributed by atoms with E-state index in [0.29, 0.717) is 37.7 Å². The number of thiazole rings is 1. The van der Waals surface area contributed by atoms with Gasteiger partial charge in [-0.3, -0.25) is 9.78 Å². The van der Waals surface area contributed by atoms with E-state index >= 15 is 0 Å². The molecule has 6 nitrogen and oxygen atoms in total. The highest BCUT2D eigenvalue weighted by Gasteiger charge is 2.35. The quantitative estimate of drug-likeness (QED) is 0.622. The summed E-state index contributed by atoms with van der Waals surface area (Å²) in [5.41, 5.74) is 1.66. The molecule has 0 spiro atoms. The van der Waals surface area contributed by atoms with Crippen molar-refractivity contribution in [3.63, 3.8) is 0 Å². The summed E-state index contributed by atoms with van der Waals surface area (Å²) in [6.07, 6.45) is 1.21. The van der Waals surface area contributed by atoms with Crippen LogP contribution in [-0.2, 0) is 22.3 Å². The minimum Gasteiger partial charge on any atom is -0.494 e. The van der Waals surface area contributed by atoms with Crippen LogP contribution in [0.15, 0.2) is 59.4 Å². The molecule has 3 aromatic rings. The summed E-state index contributed by atoms with van der Waals surface area (Å²) in [5.74, 6) is 0.680. The Morgan fingerprint density at radius 1 is 1.07 bits per heavy atom. The maximum Gasteiger partial charge on any atom is 0.307 e. The molecule has 152 valence electrons. The molecule has 1 aromatic heterocycles. The van der Waals surface area contributed by atoms with Crippen LogP contribution in [0.4, 0.5) is 0 Å². The normalized spacial score (nSPS) is 19.2. The molecule has 2 N–H and O–H groups in total. The Labute approximate surface area is 172 Å². The molecule has 4 rings (SSSR count). The minimum atomic E-state index is -0.513. The second-order valence-electron chi connectivity index (χ2n) is 7.14. The van der Waals surface area contributed by atoms with Gasteiger partial charge >= 0.3 is 4.87 Å². The average Bonchev–Trinajstić information content (AvgIpc) is 3.06. The third kappa shape index (κ3) is 5.06. The molecule has 1 fully saturated rings. The van der Waals surface area contributed by atoms with E-state index in [0.717, 1.165) is 29.1 Å². The molecule has 0 aliphatic carbocycles. The largest absolute Gasteiger partial charge is 0.494 e. The highest BCUT2D eigenvalue weighted by Crippen LogP contribution is 2.25. The third-order valence-electron chi connectivity index (χ3n) is 4.86. The van der Waals surface area contributed by atoms with Crippen LogP contribution in [0.1, 0.15) is 16.0 Å². The topological polar surface area (TPSA) is 80.8 Å². The Morgan fingerprint density at radius 2 is 1.86 bits per heavy atom. The average molecular weight is 413 g/mol. The van der Waals surface area contributed by atoms with Crippen LogP contribution >= 0.6 is 11.3 Å². The number of ether oxygens (including phenoxy) is 3. The van der Waals surface area contributed by atoms with Gasteiger partial charge in [0.15, 0.2) is 0 Å². The van der Waals surface area contributed by atoms with Gasteiger partial charge in [0.1, 0.15) is 18.0 Å². The zero-order valence-corrected chi connectivity index (χ0v) is 16.7. The zero-order chi connectivity index (χ0) is 20.1. The number of nitrogens with one attached hydrogen (secondary N) is 1. The SMILES string of the molecule is O=c1[nH]c(O)c(Cc2ccc(OCC3(Cc4ccccc4)COCCO3)cc2)s1. The van der Waals surface area contributed by atoms with E-state index in [9.17, 15) is 9.90 Å². The van der Waals surface area contributed by atoms with E-state index in [1.54, 1.807) is 0 Å². The van der Waals surface area contributed by atoms with E-state index in [2.05, 4.69) is 17.1 Å². The summed E-state index contributed by atoms with van der Waals surface area (Å²) in [6.45, 7) is 2.04. The lowest BCUT2D eigenvalue weighted by molar-refractivity contribution is -0.170. The summed E-state index contributed by atoms with van der Waals surface area (Å²) >= 11 is 1.02. The van der Waals surface area contributed by atoms with Crippen LogP contribution in [0.3, 0.4) is 0 Å². The van der Waals surface area contributed by atoms with Crippen molar-refractivity contribution < 1.29 is 19.3 Å². The van der Waals surface area contributed by atoms with Crippen LogP contribution in [0.25, 0.3) is 0 Å². The summed E-state index contributed by atoms with van der Waals surface area (Å²) in [6, 6.07) is 17.8. The van der Waals surface area contributed by atoms with Crippen LogP contribution in [0, 0.1) is 0 Å². The molecule has 0 radical (unpaired) electrons. The van der Waals surface area contributed by atoms with Gasteiger partial charge in [0, 0.05) is 12.8 Å². The Balaban J connectivity index is 1.41. The number of aromatic nitrogens is 1. The van der Waals surface area contributed by atoms with Gasteiger partial charge in [-0.25, -0.2) is 0 Å². The number of benzene rings is 2. The molecule has 29 heavy (non-hydrogen) atoms. The Bertz CT molecular complexity index is 974. The first-order chi connectivity index (χ1) is 14.1. The number of aromatic hydroxyl groups is 1. The molecule has 1 unspecified atom stereocenters. The first kappa shape index (κ1) is 19.7. The number of hydrogen-bond donors (Lipinski definition) is 2. The van der Waals surface area contributed by atoms with Crippen molar-refractivity contribution in [2.45, 2.75) is 18.4 Å². The van der Waals surface area contributed by atoms with E-state index in [1.807, 2.05) is 42.5 Å². The number of rotatable bonds is 7. The van der Waals surface area contributed by atoms with Crippen LogP contribution in [-0.4, -0.2) is 42.1 Å². The summed E-state index contributed by atoms with van der Waals surface area (Å²) in [4.78, 5) is 14.1. The fourth-order valence-electron chi connectivity index (χ4n) is 3.40. The van der Waals surface area contributed by atoms with E-state index in [1.165, 1.54) is 5.56 Å². The third-order valence-corrected chi connectivity index (χ3v) is 5.73. The number of hydrogen-bond acceptors (Lipinski definition) is 6. The second kappa shape index (κ2) is 8.82. The molecule has 1 aliphatic heterocycles. The predicted molar refractivity (Wildman–Crippen MR) is 111 cm³/mol. The maximum atomic E-state index is 11.3. The van der Waals surface area contributed by atoms with E-state index < -0.39 is 5.60 Å². The Morgan fingerprint density at radius 3 is 2.52 bits per heavy atom. The molecule has 2 heterocycles. The lowest BCUT2D eigenvalue weighted by Crippen LogP contribution is -2.49. The molecular formula is C22H23NO5S. The molecule has 1 atom stereocenters. The Kier molecular flexibility index (Phi) is 5.99. The molecule has 2 aromatic carbocycles. The number of H-pyrrole nitrogens is 1. The van der Waals surface area contributed by atoms with Crippen molar-refractivity contribution >= 4 is 11.3 Å². The highest BCUT2D eigenvalue weighted by molar-refractivity contribution is 7.09. The zero-order valence-electron chi connectivity index (χ0n) is 15.9. The molecule has 7 heteroatoms. The Hall–Kier alpha value is -2.61. The molecule has 0 bridgehead atoms. The van der Waals surface area contributed by atoms with Crippen molar-refractivity contribution in [2.24, 2.45) is 0 Å². The lowest BCUT2D eigenvalue weighted by atomic mass is 9.95. The van der Waals surface area contributed by atoms with Crippen LogP contribution in [0.2, 0.25) is 0 Å². The second-order valence-corrected chi connectivity index (χ2v) is 8.21. The molecule has 1 saturated heterocycles. The van der Waals surface area contributed by atoms with Crippen molar-refractivity contribution in [3.8, 4) is 11.6 Å². The van der Waals surface area contributed by atoms with E-state index in [4.69, 9.17) is 14.2 Å². The van der Waals surface area contributed by atoms with Crippen LogP contribution in [0.5, 0.6) is 11.6 Å². The smallest absolute Gasteiger partial charge is 0.307 e. The van der Waals surface area contributed by atoms with Crippen molar-refractivity contribution in [2.75, 3.05) is 26.4 Å². The number of aromatic amines is 1. The highest BCUT2D eigenvalue weighted by atomic mass is 32.1. The van der Waals surface area contributed by atoms with Gasteiger partial charge in [-0.15, -0.1) is 0 Å². The minimum absolute atomic E-state index is 0.0578. The van der Waals surface area contributed by atoms with Gasteiger partial charge in [0.2, 0.25) is 5.88 Å². The first-order valence-corrected chi connectivity index (χ1v) is 10.3. The molecule has 0 amide bonds. The first-order valence-electron chi connectivity index (χ1n) is 9.50. The standard InChI is InChI=1S/C22H23NO5S/c24-20-19(29-21(25)23-20)12-16-6-8-18(9-7-16)27-15-22(14-26-10-11-28-22)13-17-4-2-1-3-5-17/h1-9,24H,10-15H2,(H,23,25). The van der Waals surface area contributed by atoms with Gasteiger partial charge < -0.3 is 19.3 Å². The van der Waals surface area contributed by atoms with Crippen molar-refractivity contribution in [1.29, 1.82) is 0 Å². The lowest BCUT2D eigenvalue weighted by Gasteiger charge is -2.37. The van der Waals surface area contributed by atoms with Crippen molar-refractivity contribution in [3.05, 3.63) is 80.3 Å². The summed E-state index contributed by atoms with van der Waals surface area (Å²) in [7, 11) is 0. The predicted octanol–water partition coefficient (Wildman–Crippen LogP) is 3.14.